The second-order valence-corrected chi connectivity index (χ2v) is 7.00. The summed E-state index contributed by atoms with van der Waals surface area (Å²) in [5.74, 6) is 0.949. The zero-order valence-corrected chi connectivity index (χ0v) is 13.7. The van der Waals surface area contributed by atoms with Crippen LogP contribution in [0.4, 0.5) is 0 Å². The average Bonchev–Trinajstić information content (AvgIpc) is 2.50. The molecule has 1 saturated carbocycles. The molecule has 2 aromatic carbocycles. The van der Waals surface area contributed by atoms with Crippen LogP contribution in [0.15, 0.2) is 59.1 Å². The highest BCUT2D eigenvalue weighted by Crippen LogP contribution is 2.37. The molecular weight excluding hydrogens is 324 g/mol. The third kappa shape index (κ3) is 3.75. The molecule has 1 aliphatic carbocycles. The second kappa shape index (κ2) is 6.76. The van der Waals surface area contributed by atoms with Gasteiger partial charge in [0.05, 0.1) is 6.10 Å². The molecule has 2 heteroatoms. The van der Waals surface area contributed by atoms with Gasteiger partial charge in [-0.3, -0.25) is 0 Å². The van der Waals surface area contributed by atoms with E-state index >= 15 is 0 Å². The fourth-order valence-corrected chi connectivity index (χ4v) is 3.91. The summed E-state index contributed by atoms with van der Waals surface area (Å²) in [5.41, 5.74) is 2.73. The van der Waals surface area contributed by atoms with Crippen molar-refractivity contribution in [2.45, 2.75) is 37.7 Å². The van der Waals surface area contributed by atoms with Gasteiger partial charge in [-0.05, 0) is 60.8 Å². The molecule has 1 N–H and O–H groups in total. The van der Waals surface area contributed by atoms with Crippen molar-refractivity contribution in [3.05, 3.63) is 70.2 Å². The monoisotopic (exact) mass is 344 g/mol. The third-order valence-electron chi connectivity index (χ3n) is 4.60. The number of rotatable bonds is 3. The van der Waals surface area contributed by atoms with Crippen LogP contribution in [-0.2, 0) is 6.42 Å². The molecule has 110 valence electrons. The number of aliphatic hydroxyl groups is 1. The SMILES string of the molecule is OC1CCC(c2ccccc2)CC1Cc1cccc(Br)c1. The highest BCUT2D eigenvalue weighted by molar-refractivity contribution is 9.10. The molecule has 3 atom stereocenters. The van der Waals surface area contributed by atoms with Gasteiger partial charge in [-0.2, -0.15) is 0 Å². The molecule has 2 aromatic rings. The van der Waals surface area contributed by atoms with Gasteiger partial charge >= 0.3 is 0 Å². The Morgan fingerprint density at radius 2 is 1.81 bits per heavy atom. The standard InChI is InChI=1S/C19H21BrO/c20-18-8-4-5-14(12-18)11-17-13-16(9-10-19(17)21)15-6-2-1-3-7-15/h1-8,12,16-17,19,21H,9-11,13H2. The number of hydrogen-bond donors (Lipinski definition) is 1. The summed E-state index contributed by atoms with van der Waals surface area (Å²) in [5, 5.41) is 10.4. The maximum Gasteiger partial charge on any atom is 0.0572 e. The molecule has 0 aliphatic heterocycles. The molecule has 0 radical (unpaired) electrons. The number of hydrogen-bond acceptors (Lipinski definition) is 1. The average molecular weight is 345 g/mol. The molecule has 0 heterocycles. The van der Waals surface area contributed by atoms with Gasteiger partial charge in [-0.15, -0.1) is 0 Å². The van der Waals surface area contributed by atoms with Gasteiger partial charge in [-0.25, -0.2) is 0 Å². The van der Waals surface area contributed by atoms with Gasteiger partial charge in [-0.1, -0.05) is 58.4 Å². The molecule has 1 fully saturated rings. The minimum Gasteiger partial charge on any atom is -0.393 e. The van der Waals surface area contributed by atoms with Crippen LogP contribution in [0.1, 0.15) is 36.3 Å². The molecule has 0 amide bonds. The van der Waals surface area contributed by atoms with Gasteiger partial charge in [0.15, 0.2) is 0 Å². The molecule has 0 spiro atoms. The zero-order chi connectivity index (χ0) is 14.7. The lowest BCUT2D eigenvalue weighted by Crippen LogP contribution is -2.29. The smallest absolute Gasteiger partial charge is 0.0572 e. The van der Waals surface area contributed by atoms with Gasteiger partial charge in [0.25, 0.3) is 0 Å². The summed E-state index contributed by atoms with van der Waals surface area (Å²) in [4.78, 5) is 0. The Balaban J connectivity index is 1.72. The molecule has 0 aromatic heterocycles. The van der Waals surface area contributed by atoms with Crippen LogP contribution in [-0.4, -0.2) is 11.2 Å². The highest BCUT2D eigenvalue weighted by Gasteiger charge is 2.29. The van der Waals surface area contributed by atoms with E-state index in [-0.39, 0.29) is 6.10 Å². The molecular formula is C19H21BrO. The molecule has 21 heavy (non-hydrogen) atoms. The summed E-state index contributed by atoms with van der Waals surface area (Å²) < 4.78 is 1.12. The van der Waals surface area contributed by atoms with Crippen molar-refractivity contribution in [1.82, 2.24) is 0 Å². The van der Waals surface area contributed by atoms with Crippen molar-refractivity contribution in [1.29, 1.82) is 0 Å². The predicted octanol–water partition coefficient (Wildman–Crippen LogP) is 4.94. The maximum absolute atomic E-state index is 10.4. The Labute approximate surface area is 135 Å². The normalized spacial score (nSPS) is 25.7. The Bertz CT molecular complexity index is 581. The first kappa shape index (κ1) is 14.8. The first-order valence-corrected chi connectivity index (χ1v) is 8.49. The van der Waals surface area contributed by atoms with Gasteiger partial charge in [0.1, 0.15) is 0 Å². The van der Waals surface area contributed by atoms with E-state index in [1.165, 1.54) is 11.1 Å². The Morgan fingerprint density at radius 1 is 1.00 bits per heavy atom. The van der Waals surface area contributed by atoms with Crippen LogP contribution in [0.2, 0.25) is 0 Å². The van der Waals surface area contributed by atoms with Crippen molar-refractivity contribution >= 4 is 15.9 Å². The van der Waals surface area contributed by atoms with Crippen molar-refractivity contribution in [3.8, 4) is 0 Å². The third-order valence-corrected chi connectivity index (χ3v) is 5.09. The largest absolute Gasteiger partial charge is 0.393 e. The second-order valence-electron chi connectivity index (χ2n) is 6.08. The van der Waals surface area contributed by atoms with Gasteiger partial charge in [0, 0.05) is 4.47 Å². The lowest BCUT2D eigenvalue weighted by molar-refractivity contribution is 0.0619. The molecule has 1 aliphatic rings. The molecule has 1 nitrogen and oxygen atoms in total. The van der Waals surface area contributed by atoms with Crippen LogP contribution in [0.25, 0.3) is 0 Å². The predicted molar refractivity (Wildman–Crippen MR) is 90.4 cm³/mol. The van der Waals surface area contributed by atoms with Crippen LogP contribution in [0, 0.1) is 5.92 Å². The van der Waals surface area contributed by atoms with Crippen molar-refractivity contribution < 1.29 is 5.11 Å². The van der Waals surface area contributed by atoms with E-state index in [4.69, 9.17) is 0 Å². The fraction of sp³-hybridized carbons (Fsp3) is 0.368. The molecule has 3 rings (SSSR count). The minimum absolute atomic E-state index is 0.163. The Kier molecular flexibility index (Phi) is 4.77. The molecule has 0 bridgehead atoms. The Morgan fingerprint density at radius 3 is 2.57 bits per heavy atom. The van der Waals surface area contributed by atoms with E-state index in [1.54, 1.807) is 0 Å². The molecule has 0 saturated heterocycles. The van der Waals surface area contributed by atoms with E-state index < -0.39 is 0 Å². The van der Waals surface area contributed by atoms with E-state index in [1.807, 2.05) is 6.07 Å². The van der Waals surface area contributed by atoms with Crippen LogP contribution in [0.3, 0.4) is 0 Å². The zero-order valence-electron chi connectivity index (χ0n) is 12.1. The lowest BCUT2D eigenvalue weighted by Gasteiger charge is -2.33. The highest BCUT2D eigenvalue weighted by atomic mass is 79.9. The van der Waals surface area contributed by atoms with E-state index in [0.29, 0.717) is 11.8 Å². The quantitative estimate of drug-likeness (QED) is 0.836. The van der Waals surface area contributed by atoms with Crippen LogP contribution in [0.5, 0.6) is 0 Å². The summed E-state index contributed by atoms with van der Waals surface area (Å²) in [7, 11) is 0. The van der Waals surface area contributed by atoms with Crippen molar-refractivity contribution in [2.75, 3.05) is 0 Å². The van der Waals surface area contributed by atoms with Crippen LogP contribution >= 0.6 is 15.9 Å². The van der Waals surface area contributed by atoms with E-state index in [0.717, 1.165) is 30.2 Å². The summed E-state index contributed by atoms with van der Waals surface area (Å²) in [6, 6.07) is 19.2. The van der Waals surface area contributed by atoms with Gasteiger partial charge < -0.3 is 5.11 Å². The molecule has 3 unspecified atom stereocenters. The number of aliphatic hydroxyl groups excluding tert-OH is 1. The lowest BCUT2D eigenvalue weighted by atomic mass is 9.74. The number of benzene rings is 2. The summed E-state index contributed by atoms with van der Waals surface area (Å²) in [6.45, 7) is 0. The Hall–Kier alpha value is -1.12. The fourth-order valence-electron chi connectivity index (χ4n) is 3.46. The minimum atomic E-state index is -0.163. The first-order chi connectivity index (χ1) is 10.2. The number of halogens is 1. The van der Waals surface area contributed by atoms with E-state index in [2.05, 4.69) is 64.5 Å². The van der Waals surface area contributed by atoms with Crippen molar-refractivity contribution in [3.63, 3.8) is 0 Å². The topological polar surface area (TPSA) is 20.2 Å². The van der Waals surface area contributed by atoms with Crippen LogP contribution < -0.4 is 0 Å². The summed E-state index contributed by atoms with van der Waals surface area (Å²) >= 11 is 3.53. The van der Waals surface area contributed by atoms with Crippen molar-refractivity contribution in [2.24, 2.45) is 5.92 Å². The summed E-state index contributed by atoms with van der Waals surface area (Å²) in [6.07, 6.45) is 3.89. The van der Waals surface area contributed by atoms with E-state index in [9.17, 15) is 5.11 Å². The maximum atomic E-state index is 10.4. The first-order valence-electron chi connectivity index (χ1n) is 7.70. The van der Waals surface area contributed by atoms with Gasteiger partial charge in [0.2, 0.25) is 0 Å².